The Morgan fingerprint density at radius 1 is 0.844 bits per heavy atom. The number of carboxylic acid groups (broad SMARTS) is 1. The van der Waals surface area contributed by atoms with Crippen LogP contribution >= 0.6 is 0 Å². The maximum atomic E-state index is 12.3. The number of carboxylic acids is 1. The lowest BCUT2D eigenvalue weighted by atomic mass is 10.0. The second-order valence-electron chi connectivity index (χ2n) is 6.66. The molecule has 166 valence electrons. The van der Waals surface area contributed by atoms with Crippen LogP contribution in [0.1, 0.15) is 5.56 Å². The van der Waals surface area contributed by atoms with Crippen molar-refractivity contribution in [3.63, 3.8) is 0 Å². The lowest BCUT2D eigenvalue weighted by Gasteiger charge is -2.21. The summed E-state index contributed by atoms with van der Waals surface area (Å²) in [5.74, 6) is -2.40. The average Bonchev–Trinajstić information content (AvgIpc) is 2.77. The lowest BCUT2D eigenvalue weighted by Crippen LogP contribution is -2.36. The maximum absolute atomic E-state index is 12.3. The molecule has 1 N–H and O–H groups in total. The Kier molecular flexibility index (Phi) is 6.67. The summed E-state index contributed by atoms with van der Waals surface area (Å²) in [5.41, 5.74) is 2.34. The van der Waals surface area contributed by atoms with Crippen molar-refractivity contribution < 1.29 is 37.3 Å². The van der Waals surface area contributed by atoms with Crippen molar-refractivity contribution in [3.05, 3.63) is 78.4 Å². The number of ether oxygens (including phenoxy) is 2. The van der Waals surface area contributed by atoms with Gasteiger partial charge in [0.05, 0.1) is 13.7 Å². The van der Waals surface area contributed by atoms with Crippen LogP contribution in [0.2, 0.25) is 0 Å². The highest BCUT2D eigenvalue weighted by molar-refractivity contribution is 6.37. The highest BCUT2D eigenvalue weighted by atomic mass is 19.4. The van der Waals surface area contributed by atoms with E-state index < -0.39 is 18.2 Å². The number of methoxy groups -OCH3 is 1. The van der Waals surface area contributed by atoms with Crippen LogP contribution in [-0.2, 0) is 16.1 Å². The minimum absolute atomic E-state index is 0.0257. The van der Waals surface area contributed by atoms with E-state index in [4.69, 9.17) is 4.74 Å². The van der Waals surface area contributed by atoms with Crippen molar-refractivity contribution in [3.8, 4) is 22.6 Å². The number of amides is 1. The van der Waals surface area contributed by atoms with E-state index >= 15 is 0 Å². The van der Waals surface area contributed by atoms with Gasteiger partial charge in [0.2, 0.25) is 0 Å². The first-order chi connectivity index (χ1) is 15.2. The number of nitrogens with zero attached hydrogens (tertiary/aromatic N) is 1. The largest absolute Gasteiger partial charge is 0.573 e. The van der Waals surface area contributed by atoms with Crippen molar-refractivity contribution in [2.75, 3.05) is 12.0 Å². The van der Waals surface area contributed by atoms with Gasteiger partial charge in [-0.05, 0) is 53.1 Å². The van der Waals surface area contributed by atoms with E-state index in [9.17, 15) is 27.9 Å². The number of halogens is 3. The quantitative estimate of drug-likeness (QED) is 0.548. The summed E-state index contributed by atoms with van der Waals surface area (Å²) in [6.07, 6.45) is -4.77. The van der Waals surface area contributed by atoms with Crippen LogP contribution in [0.25, 0.3) is 11.1 Å². The van der Waals surface area contributed by atoms with E-state index in [1.165, 1.54) is 31.4 Å². The zero-order valence-corrected chi connectivity index (χ0v) is 16.8. The third-order valence-corrected chi connectivity index (χ3v) is 4.53. The van der Waals surface area contributed by atoms with Crippen LogP contribution in [0.3, 0.4) is 0 Å². The van der Waals surface area contributed by atoms with Crippen molar-refractivity contribution >= 4 is 17.6 Å². The fourth-order valence-corrected chi connectivity index (χ4v) is 2.99. The molecule has 0 heterocycles. The topological polar surface area (TPSA) is 76.1 Å². The van der Waals surface area contributed by atoms with E-state index in [1.807, 2.05) is 0 Å². The number of anilines is 1. The first-order valence-electron chi connectivity index (χ1n) is 9.30. The summed E-state index contributed by atoms with van der Waals surface area (Å²) in [6, 6.07) is 18.6. The van der Waals surface area contributed by atoms with Gasteiger partial charge >= 0.3 is 18.2 Å². The van der Waals surface area contributed by atoms with Gasteiger partial charge in [0.1, 0.15) is 11.5 Å². The molecule has 3 aromatic carbocycles. The molecule has 0 bridgehead atoms. The first-order valence-corrected chi connectivity index (χ1v) is 9.30. The molecule has 0 aliphatic heterocycles. The second-order valence-corrected chi connectivity index (χ2v) is 6.66. The van der Waals surface area contributed by atoms with Gasteiger partial charge in [0, 0.05) is 5.69 Å². The van der Waals surface area contributed by atoms with Gasteiger partial charge in [-0.15, -0.1) is 13.2 Å². The third-order valence-electron chi connectivity index (χ3n) is 4.53. The molecule has 0 aromatic heterocycles. The van der Waals surface area contributed by atoms with Crippen molar-refractivity contribution in [1.29, 1.82) is 0 Å². The Hall–Kier alpha value is -4.01. The molecule has 1 amide bonds. The molecule has 9 heteroatoms. The highest BCUT2D eigenvalue weighted by Gasteiger charge is 2.31. The molecular weight excluding hydrogens is 427 g/mol. The van der Waals surface area contributed by atoms with Gasteiger partial charge < -0.3 is 14.6 Å². The Balaban J connectivity index is 1.82. The highest BCUT2D eigenvalue weighted by Crippen LogP contribution is 2.28. The minimum atomic E-state index is -4.77. The smallest absolute Gasteiger partial charge is 0.497 e. The zero-order chi connectivity index (χ0) is 23.3. The van der Waals surface area contributed by atoms with Crippen molar-refractivity contribution in [1.82, 2.24) is 0 Å². The van der Waals surface area contributed by atoms with Crippen LogP contribution < -0.4 is 14.4 Å². The summed E-state index contributed by atoms with van der Waals surface area (Å²) in [7, 11) is 1.52. The molecule has 3 aromatic rings. The number of aliphatic carboxylic acids is 1. The van der Waals surface area contributed by atoms with E-state index in [2.05, 4.69) is 4.74 Å². The molecular formula is C23H18F3NO5. The number of carbonyl (C=O) groups excluding carboxylic acids is 1. The van der Waals surface area contributed by atoms with E-state index in [1.54, 1.807) is 48.5 Å². The number of alkyl halides is 3. The summed E-state index contributed by atoms with van der Waals surface area (Å²) < 4.78 is 45.8. The predicted molar refractivity (Wildman–Crippen MR) is 110 cm³/mol. The molecule has 3 rings (SSSR count). The molecule has 0 radical (unpaired) electrons. The standard InChI is InChI=1S/C23H18F3NO5/c1-31-19-10-2-15(3-11-19)14-27(21(28)22(29)30)18-8-4-16(5-9-18)17-6-12-20(13-7-17)32-23(24,25)26/h2-13H,14H2,1H3,(H,29,30). The van der Waals surface area contributed by atoms with Gasteiger partial charge in [0.25, 0.3) is 0 Å². The maximum Gasteiger partial charge on any atom is 0.573 e. The van der Waals surface area contributed by atoms with Gasteiger partial charge in [-0.25, -0.2) is 4.79 Å². The summed E-state index contributed by atoms with van der Waals surface area (Å²) >= 11 is 0. The van der Waals surface area contributed by atoms with Crippen LogP contribution in [0.4, 0.5) is 18.9 Å². The fraction of sp³-hybridized carbons (Fsp3) is 0.130. The summed E-state index contributed by atoms with van der Waals surface area (Å²) in [6.45, 7) is 0.0257. The second kappa shape index (κ2) is 9.42. The Morgan fingerprint density at radius 2 is 1.34 bits per heavy atom. The zero-order valence-electron chi connectivity index (χ0n) is 16.8. The lowest BCUT2D eigenvalue weighted by molar-refractivity contribution is -0.274. The molecule has 32 heavy (non-hydrogen) atoms. The van der Waals surface area contributed by atoms with Crippen LogP contribution in [0.5, 0.6) is 11.5 Å². The Bertz CT molecular complexity index is 1080. The minimum Gasteiger partial charge on any atom is -0.497 e. The fourth-order valence-electron chi connectivity index (χ4n) is 2.99. The molecule has 0 aliphatic carbocycles. The molecule has 6 nitrogen and oxygen atoms in total. The molecule has 0 saturated heterocycles. The van der Waals surface area contributed by atoms with E-state index in [-0.39, 0.29) is 12.3 Å². The van der Waals surface area contributed by atoms with Gasteiger partial charge in [0.15, 0.2) is 0 Å². The number of hydrogen-bond donors (Lipinski definition) is 1. The first kappa shape index (κ1) is 22.7. The van der Waals surface area contributed by atoms with E-state index in [0.29, 0.717) is 28.1 Å². The number of carbonyl (C=O) groups is 2. The molecule has 0 fully saturated rings. The van der Waals surface area contributed by atoms with Crippen LogP contribution in [-0.4, -0.2) is 30.5 Å². The van der Waals surface area contributed by atoms with Crippen molar-refractivity contribution in [2.24, 2.45) is 0 Å². The molecule has 0 aliphatic rings. The number of benzene rings is 3. The van der Waals surface area contributed by atoms with Crippen LogP contribution in [0, 0.1) is 0 Å². The molecule has 0 saturated carbocycles. The Labute approximate surface area is 181 Å². The predicted octanol–water partition coefficient (Wildman–Crippen LogP) is 4.88. The monoisotopic (exact) mass is 445 g/mol. The molecule has 0 unspecified atom stereocenters. The number of hydrogen-bond acceptors (Lipinski definition) is 4. The van der Waals surface area contributed by atoms with Gasteiger partial charge in [-0.3, -0.25) is 9.69 Å². The summed E-state index contributed by atoms with van der Waals surface area (Å²) in [4.78, 5) is 24.7. The van der Waals surface area contributed by atoms with Gasteiger partial charge in [-0.1, -0.05) is 36.4 Å². The SMILES string of the molecule is COc1ccc(CN(C(=O)C(=O)O)c2ccc(-c3ccc(OC(F)(F)F)cc3)cc2)cc1. The van der Waals surface area contributed by atoms with Gasteiger partial charge in [-0.2, -0.15) is 0 Å². The summed E-state index contributed by atoms with van der Waals surface area (Å²) in [5, 5.41) is 9.21. The Morgan fingerprint density at radius 3 is 1.81 bits per heavy atom. The normalized spacial score (nSPS) is 11.0. The molecule has 0 atom stereocenters. The number of rotatable bonds is 6. The third kappa shape index (κ3) is 5.78. The molecule has 0 spiro atoms. The van der Waals surface area contributed by atoms with Crippen LogP contribution in [0.15, 0.2) is 72.8 Å². The van der Waals surface area contributed by atoms with Crippen molar-refractivity contribution in [2.45, 2.75) is 12.9 Å². The average molecular weight is 445 g/mol. The van der Waals surface area contributed by atoms with E-state index in [0.717, 1.165) is 4.90 Å².